The third-order valence-corrected chi connectivity index (χ3v) is 5.50. The molecule has 23 heavy (non-hydrogen) atoms. The van der Waals surface area contributed by atoms with E-state index in [0.717, 1.165) is 29.5 Å². The summed E-state index contributed by atoms with van der Waals surface area (Å²) >= 11 is 5.26. The Labute approximate surface area is 145 Å². The van der Waals surface area contributed by atoms with Crippen molar-refractivity contribution in [1.29, 1.82) is 0 Å². The SMILES string of the molecule is CCc1cc2sc(C(CC(=O)O)C(=O)S)nc2c(CC)c1CC. The van der Waals surface area contributed by atoms with Gasteiger partial charge in [0, 0.05) is 0 Å². The summed E-state index contributed by atoms with van der Waals surface area (Å²) < 4.78 is 1.02. The molecule has 0 spiro atoms. The van der Waals surface area contributed by atoms with Crippen molar-refractivity contribution in [3.8, 4) is 0 Å². The van der Waals surface area contributed by atoms with Crippen LogP contribution in [0.4, 0.5) is 0 Å². The first-order valence-electron chi connectivity index (χ1n) is 7.81. The summed E-state index contributed by atoms with van der Waals surface area (Å²) in [5.41, 5.74) is 4.75. The molecule has 1 N–H and O–H groups in total. The number of carbonyl (C=O) groups is 2. The Hall–Kier alpha value is -1.40. The minimum Gasteiger partial charge on any atom is -0.481 e. The highest BCUT2D eigenvalue weighted by atomic mass is 32.1. The molecule has 1 heterocycles. The number of hydrogen-bond donors (Lipinski definition) is 2. The third kappa shape index (κ3) is 3.58. The van der Waals surface area contributed by atoms with Gasteiger partial charge in [-0.3, -0.25) is 9.59 Å². The van der Waals surface area contributed by atoms with E-state index in [1.165, 1.54) is 28.0 Å². The number of carboxylic acid groups (broad SMARTS) is 1. The molecule has 0 bridgehead atoms. The molecule has 0 saturated carbocycles. The molecule has 0 fully saturated rings. The lowest BCUT2D eigenvalue weighted by atomic mass is 9.94. The van der Waals surface area contributed by atoms with E-state index < -0.39 is 17.0 Å². The monoisotopic (exact) mass is 351 g/mol. The van der Waals surface area contributed by atoms with E-state index >= 15 is 0 Å². The van der Waals surface area contributed by atoms with Gasteiger partial charge in [0.1, 0.15) is 5.01 Å². The number of carbonyl (C=O) groups excluding carboxylic acids is 1. The first kappa shape index (κ1) is 17.9. The molecule has 1 atom stereocenters. The van der Waals surface area contributed by atoms with Crippen LogP contribution in [-0.4, -0.2) is 21.2 Å². The zero-order chi connectivity index (χ0) is 17.1. The molecule has 4 nitrogen and oxygen atoms in total. The molecule has 0 amide bonds. The summed E-state index contributed by atoms with van der Waals surface area (Å²) in [5, 5.41) is 9.13. The highest BCUT2D eigenvalue weighted by molar-refractivity contribution is 7.96. The van der Waals surface area contributed by atoms with Gasteiger partial charge in [0.15, 0.2) is 5.12 Å². The number of rotatable bonds is 7. The van der Waals surface area contributed by atoms with Crippen molar-refractivity contribution in [2.24, 2.45) is 0 Å². The molecule has 0 radical (unpaired) electrons. The Morgan fingerprint density at radius 2 is 1.87 bits per heavy atom. The van der Waals surface area contributed by atoms with E-state index in [1.807, 2.05) is 0 Å². The van der Waals surface area contributed by atoms with Gasteiger partial charge in [-0.2, -0.15) is 0 Å². The second-order valence-corrected chi connectivity index (χ2v) is 6.94. The fourth-order valence-corrected chi connectivity index (χ4v) is 4.45. The Kier molecular flexibility index (Phi) is 5.81. The van der Waals surface area contributed by atoms with E-state index in [1.54, 1.807) is 0 Å². The number of aliphatic carboxylic acids is 1. The number of fused-ring (bicyclic) bond motifs is 1. The summed E-state index contributed by atoms with van der Waals surface area (Å²) in [6.45, 7) is 6.37. The van der Waals surface area contributed by atoms with Crippen LogP contribution in [0.5, 0.6) is 0 Å². The molecule has 0 aliphatic heterocycles. The maximum absolute atomic E-state index is 11.7. The normalized spacial score (nSPS) is 12.5. The van der Waals surface area contributed by atoms with Crippen LogP contribution in [0.3, 0.4) is 0 Å². The minimum absolute atomic E-state index is 0.273. The molecule has 1 aromatic heterocycles. The Morgan fingerprint density at radius 1 is 1.22 bits per heavy atom. The average Bonchev–Trinajstić information content (AvgIpc) is 2.93. The zero-order valence-corrected chi connectivity index (χ0v) is 15.3. The van der Waals surface area contributed by atoms with Gasteiger partial charge >= 0.3 is 5.97 Å². The van der Waals surface area contributed by atoms with Crippen LogP contribution >= 0.6 is 24.0 Å². The lowest BCUT2D eigenvalue weighted by Crippen LogP contribution is -2.12. The van der Waals surface area contributed by atoms with Crippen molar-refractivity contribution in [2.75, 3.05) is 0 Å². The van der Waals surface area contributed by atoms with Crippen molar-refractivity contribution in [1.82, 2.24) is 4.98 Å². The number of carboxylic acids is 1. The lowest BCUT2D eigenvalue weighted by Gasteiger charge is -2.12. The maximum atomic E-state index is 11.7. The van der Waals surface area contributed by atoms with Gasteiger partial charge in [-0.1, -0.05) is 20.8 Å². The fourth-order valence-electron chi connectivity index (χ4n) is 2.99. The van der Waals surface area contributed by atoms with Crippen LogP contribution in [0, 0.1) is 0 Å². The number of benzene rings is 1. The van der Waals surface area contributed by atoms with Crippen LogP contribution in [0.1, 0.15) is 54.8 Å². The molecular weight excluding hydrogens is 330 g/mol. The van der Waals surface area contributed by atoms with Crippen molar-refractivity contribution in [3.63, 3.8) is 0 Å². The van der Waals surface area contributed by atoms with E-state index in [0.29, 0.717) is 5.01 Å². The number of aromatic nitrogens is 1. The number of nitrogens with zero attached hydrogens (tertiary/aromatic N) is 1. The smallest absolute Gasteiger partial charge is 0.304 e. The van der Waals surface area contributed by atoms with Crippen LogP contribution in [0.15, 0.2) is 6.07 Å². The second-order valence-electron chi connectivity index (χ2n) is 5.44. The van der Waals surface area contributed by atoms with Crippen molar-refractivity contribution in [3.05, 3.63) is 27.8 Å². The molecule has 1 unspecified atom stereocenters. The molecule has 0 aliphatic carbocycles. The molecule has 6 heteroatoms. The molecule has 2 rings (SSSR count). The summed E-state index contributed by atoms with van der Waals surface area (Å²) in [6, 6.07) is 2.13. The van der Waals surface area contributed by atoms with Gasteiger partial charge in [0.2, 0.25) is 0 Å². The predicted octanol–water partition coefficient (Wildman–Crippen LogP) is 4.00. The Morgan fingerprint density at radius 3 is 2.35 bits per heavy atom. The van der Waals surface area contributed by atoms with Crippen molar-refractivity contribution in [2.45, 2.75) is 52.4 Å². The summed E-state index contributed by atoms with van der Waals surface area (Å²) in [4.78, 5) is 27.4. The first-order chi connectivity index (χ1) is 10.9. The number of thiol groups is 1. The number of hydrogen-bond acceptors (Lipinski definition) is 4. The summed E-state index contributed by atoms with van der Waals surface area (Å²) in [7, 11) is 0. The van der Waals surface area contributed by atoms with Gasteiger partial charge < -0.3 is 5.11 Å². The highest BCUT2D eigenvalue weighted by Gasteiger charge is 2.26. The highest BCUT2D eigenvalue weighted by Crippen LogP contribution is 2.35. The molecule has 124 valence electrons. The van der Waals surface area contributed by atoms with E-state index in [-0.39, 0.29) is 6.42 Å². The second kappa shape index (κ2) is 7.45. The number of aryl methyl sites for hydroxylation is 2. The predicted molar refractivity (Wildman–Crippen MR) is 96.7 cm³/mol. The van der Waals surface area contributed by atoms with Gasteiger partial charge in [-0.15, -0.1) is 24.0 Å². The van der Waals surface area contributed by atoms with Crippen LogP contribution in [0.2, 0.25) is 0 Å². The topological polar surface area (TPSA) is 67.3 Å². The van der Waals surface area contributed by atoms with Crippen LogP contribution in [0.25, 0.3) is 10.2 Å². The average molecular weight is 351 g/mol. The largest absolute Gasteiger partial charge is 0.481 e. The standard InChI is InChI=1S/C17H21NO3S2/c1-4-9-7-13-15(11(6-3)10(9)5-2)18-16(23-13)12(17(21)22)8-14(19)20/h7,12H,4-6,8H2,1-3H3,(H,19,20)(H,21,22). The zero-order valence-electron chi connectivity index (χ0n) is 13.5. The van der Waals surface area contributed by atoms with Gasteiger partial charge in [0.05, 0.1) is 22.6 Å². The fraction of sp³-hybridized carbons (Fsp3) is 0.471. The molecule has 0 saturated heterocycles. The van der Waals surface area contributed by atoms with Crippen molar-refractivity contribution >= 4 is 45.3 Å². The Bertz CT molecular complexity index is 752. The third-order valence-electron chi connectivity index (χ3n) is 4.08. The van der Waals surface area contributed by atoms with E-state index in [4.69, 9.17) is 5.11 Å². The molecular formula is C17H21NO3S2. The summed E-state index contributed by atoms with van der Waals surface area (Å²) in [5.74, 6) is -1.80. The minimum atomic E-state index is -1.02. The maximum Gasteiger partial charge on any atom is 0.304 e. The van der Waals surface area contributed by atoms with E-state index in [2.05, 4.69) is 44.5 Å². The van der Waals surface area contributed by atoms with Gasteiger partial charge in [0.25, 0.3) is 0 Å². The van der Waals surface area contributed by atoms with Gasteiger partial charge in [-0.05, 0) is 42.0 Å². The lowest BCUT2D eigenvalue weighted by molar-refractivity contribution is -0.138. The molecule has 1 aromatic carbocycles. The first-order valence-corrected chi connectivity index (χ1v) is 9.07. The van der Waals surface area contributed by atoms with E-state index in [9.17, 15) is 9.59 Å². The van der Waals surface area contributed by atoms with Crippen LogP contribution < -0.4 is 0 Å². The molecule has 0 aliphatic rings. The molecule has 2 aromatic rings. The number of thiazole rings is 1. The van der Waals surface area contributed by atoms with Crippen LogP contribution in [-0.2, 0) is 28.9 Å². The summed E-state index contributed by atoms with van der Waals surface area (Å²) in [6.07, 6.45) is 2.49. The van der Waals surface area contributed by atoms with Gasteiger partial charge in [-0.25, -0.2) is 4.98 Å². The Balaban J connectivity index is 2.65. The quantitative estimate of drug-likeness (QED) is 0.740. The van der Waals surface area contributed by atoms with Crippen molar-refractivity contribution < 1.29 is 14.7 Å².